The highest BCUT2D eigenvalue weighted by Crippen LogP contribution is 2.30. The third kappa shape index (κ3) is 2.66. The van der Waals surface area contributed by atoms with E-state index in [-0.39, 0.29) is 30.6 Å². The standard InChI is InChI=1S/C15H15NO4/c17-14-12-8-11(20-14)6-7-13(12)16-15(18)19-9-10-4-2-1-3-5-10/h1-7,11-13H,8-9H2,(H,16,18). The van der Waals surface area contributed by atoms with Crippen molar-refractivity contribution in [3.8, 4) is 0 Å². The largest absolute Gasteiger partial charge is 0.458 e. The molecule has 2 bridgehead atoms. The molecule has 0 radical (unpaired) electrons. The zero-order chi connectivity index (χ0) is 13.9. The molecule has 1 saturated heterocycles. The normalized spacial score (nSPS) is 27.0. The van der Waals surface area contributed by atoms with E-state index in [1.807, 2.05) is 36.4 Å². The van der Waals surface area contributed by atoms with Crippen molar-refractivity contribution in [3.63, 3.8) is 0 Å². The van der Waals surface area contributed by atoms with E-state index in [2.05, 4.69) is 5.32 Å². The van der Waals surface area contributed by atoms with Crippen LogP contribution in [0.4, 0.5) is 4.79 Å². The molecule has 0 saturated carbocycles. The Hall–Kier alpha value is -2.30. The number of nitrogens with one attached hydrogen (secondary N) is 1. The maximum Gasteiger partial charge on any atom is 0.407 e. The van der Waals surface area contributed by atoms with Crippen molar-refractivity contribution in [2.45, 2.75) is 25.2 Å². The number of hydrogen-bond acceptors (Lipinski definition) is 4. The molecule has 3 atom stereocenters. The van der Waals surface area contributed by atoms with Crippen molar-refractivity contribution in [1.82, 2.24) is 5.32 Å². The quantitative estimate of drug-likeness (QED) is 0.673. The number of ether oxygens (including phenoxy) is 2. The molecule has 0 spiro atoms. The van der Waals surface area contributed by atoms with Crippen LogP contribution in [0.25, 0.3) is 0 Å². The predicted octanol–water partition coefficient (Wildman–Crippen LogP) is 1.78. The summed E-state index contributed by atoms with van der Waals surface area (Å²) in [5, 5.41) is 2.70. The molecule has 20 heavy (non-hydrogen) atoms. The summed E-state index contributed by atoms with van der Waals surface area (Å²) in [5.41, 5.74) is 0.919. The van der Waals surface area contributed by atoms with Crippen molar-refractivity contribution in [1.29, 1.82) is 0 Å². The van der Waals surface area contributed by atoms with E-state index >= 15 is 0 Å². The highest BCUT2D eigenvalue weighted by atomic mass is 16.6. The minimum Gasteiger partial charge on any atom is -0.458 e. The Morgan fingerprint density at radius 1 is 1.30 bits per heavy atom. The number of esters is 1. The van der Waals surface area contributed by atoms with Crippen LogP contribution in [0.15, 0.2) is 42.5 Å². The average molecular weight is 273 g/mol. The number of rotatable bonds is 3. The molecule has 1 aromatic rings. The molecule has 1 N–H and O–H groups in total. The maximum absolute atomic E-state index is 11.7. The summed E-state index contributed by atoms with van der Waals surface area (Å²) in [7, 11) is 0. The van der Waals surface area contributed by atoms with Crippen LogP contribution >= 0.6 is 0 Å². The first kappa shape index (κ1) is 12.7. The summed E-state index contributed by atoms with van der Waals surface area (Å²) >= 11 is 0. The van der Waals surface area contributed by atoms with Crippen LogP contribution in [0.3, 0.4) is 0 Å². The van der Waals surface area contributed by atoms with Crippen molar-refractivity contribution in [2.24, 2.45) is 5.92 Å². The summed E-state index contributed by atoms with van der Waals surface area (Å²) in [5.74, 6) is -0.553. The molecule has 5 heteroatoms. The van der Waals surface area contributed by atoms with Gasteiger partial charge in [-0.1, -0.05) is 36.4 Å². The second-order valence-electron chi connectivity index (χ2n) is 4.93. The fraction of sp³-hybridized carbons (Fsp3) is 0.333. The second-order valence-corrected chi connectivity index (χ2v) is 4.93. The van der Waals surface area contributed by atoms with Crippen LogP contribution < -0.4 is 5.32 Å². The number of carbonyl (C=O) groups is 2. The van der Waals surface area contributed by atoms with Gasteiger partial charge in [-0.2, -0.15) is 0 Å². The summed E-state index contributed by atoms with van der Waals surface area (Å²) in [4.78, 5) is 23.3. The third-order valence-corrected chi connectivity index (χ3v) is 3.52. The topological polar surface area (TPSA) is 64.6 Å². The van der Waals surface area contributed by atoms with Gasteiger partial charge in [-0.05, 0) is 11.6 Å². The highest BCUT2D eigenvalue weighted by molar-refractivity contribution is 5.78. The van der Waals surface area contributed by atoms with Gasteiger partial charge in [0.1, 0.15) is 12.7 Å². The van der Waals surface area contributed by atoms with Gasteiger partial charge in [-0.15, -0.1) is 0 Å². The van der Waals surface area contributed by atoms with Gasteiger partial charge in [0.15, 0.2) is 0 Å². The zero-order valence-electron chi connectivity index (χ0n) is 10.8. The molecule has 0 aromatic heterocycles. The number of benzene rings is 1. The Kier molecular flexibility index (Phi) is 3.41. The van der Waals surface area contributed by atoms with E-state index in [1.54, 1.807) is 6.08 Å². The predicted molar refractivity (Wildman–Crippen MR) is 70.7 cm³/mol. The molecule has 1 aliphatic heterocycles. The van der Waals surface area contributed by atoms with Crippen molar-refractivity contribution < 1.29 is 19.1 Å². The number of hydrogen-bond donors (Lipinski definition) is 1. The minimum atomic E-state index is -0.526. The molecule has 1 aromatic carbocycles. The first-order valence-electron chi connectivity index (χ1n) is 6.58. The molecule has 104 valence electrons. The Bertz CT molecular complexity index is 540. The number of fused-ring (bicyclic) bond motifs is 2. The van der Waals surface area contributed by atoms with Crippen LogP contribution in [-0.4, -0.2) is 24.2 Å². The van der Waals surface area contributed by atoms with Gasteiger partial charge in [0.05, 0.1) is 12.0 Å². The summed E-state index contributed by atoms with van der Waals surface area (Å²) in [6.07, 6.45) is 3.57. The Balaban J connectivity index is 1.53. The van der Waals surface area contributed by atoms with Gasteiger partial charge in [-0.3, -0.25) is 4.79 Å². The van der Waals surface area contributed by atoms with E-state index in [4.69, 9.17) is 9.47 Å². The molecule has 1 fully saturated rings. The van der Waals surface area contributed by atoms with Crippen LogP contribution in [0, 0.1) is 5.92 Å². The monoisotopic (exact) mass is 273 g/mol. The molecular weight excluding hydrogens is 258 g/mol. The highest BCUT2D eigenvalue weighted by Gasteiger charge is 2.41. The number of amides is 1. The summed E-state index contributed by atoms with van der Waals surface area (Å²) < 4.78 is 10.2. The Labute approximate surface area is 116 Å². The van der Waals surface area contributed by atoms with Crippen LogP contribution in [0.2, 0.25) is 0 Å². The fourth-order valence-corrected chi connectivity index (χ4v) is 2.47. The Morgan fingerprint density at radius 2 is 2.10 bits per heavy atom. The fourth-order valence-electron chi connectivity index (χ4n) is 2.47. The Morgan fingerprint density at radius 3 is 2.90 bits per heavy atom. The van der Waals surface area contributed by atoms with Gasteiger partial charge >= 0.3 is 12.1 Å². The second kappa shape index (κ2) is 5.36. The third-order valence-electron chi connectivity index (χ3n) is 3.52. The average Bonchev–Trinajstić information content (AvgIpc) is 2.77. The van der Waals surface area contributed by atoms with Crippen LogP contribution in [0.1, 0.15) is 12.0 Å². The number of carbonyl (C=O) groups excluding carboxylic acids is 2. The van der Waals surface area contributed by atoms with E-state index in [0.29, 0.717) is 6.42 Å². The summed E-state index contributed by atoms with van der Waals surface area (Å²) in [6, 6.07) is 9.09. The van der Waals surface area contributed by atoms with Gasteiger partial charge in [0, 0.05) is 6.42 Å². The maximum atomic E-state index is 11.7. The smallest absolute Gasteiger partial charge is 0.407 e. The van der Waals surface area contributed by atoms with Gasteiger partial charge < -0.3 is 14.8 Å². The molecule has 5 nitrogen and oxygen atoms in total. The van der Waals surface area contributed by atoms with Crippen molar-refractivity contribution in [3.05, 3.63) is 48.0 Å². The van der Waals surface area contributed by atoms with E-state index in [9.17, 15) is 9.59 Å². The lowest BCUT2D eigenvalue weighted by Gasteiger charge is -2.20. The van der Waals surface area contributed by atoms with Crippen molar-refractivity contribution in [2.75, 3.05) is 0 Å². The van der Waals surface area contributed by atoms with Gasteiger partial charge in [0.25, 0.3) is 0 Å². The van der Waals surface area contributed by atoms with Crippen molar-refractivity contribution >= 4 is 12.1 Å². The SMILES string of the molecule is O=C(NC1C=CC2CC1C(=O)O2)OCc1ccccc1. The first-order valence-corrected chi connectivity index (χ1v) is 6.58. The minimum absolute atomic E-state index is 0.133. The lowest BCUT2D eigenvalue weighted by molar-refractivity contribution is -0.142. The van der Waals surface area contributed by atoms with Crippen LogP contribution in [-0.2, 0) is 20.9 Å². The zero-order valence-corrected chi connectivity index (χ0v) is 10.8. The molecule has 3 rings (SSSR count). The molecule has 1 aliphatic carbocycles. The molecular formula is C15H15NO4. The van der Waals surface area contributed by atoms with Gasteiger partial charge in [-0.25, -0.2) is 4.79 Å². The lowest BCUT2D eigenvalue weighted by atomic mass is 9.91. The first-order chi connectivity index (χ1) is 9.72. The molecule has 1 heterocycles. The molecule has 3 unspecified atom stereocenters. The molecule has 2 aliphatic rings. The van der Waals surface area contributed by atoms with Crippen LogP contribution in [0.5, 0.6) is 0 Å². The summed E-state index contributed by atoms with van der Waals surface area (Å²) in [6.45, 7) is 0.209. The molecule has 1 amide bonds. The van der Waals surface area contributed by atoms with E-state index in [0.717, 1.165) is 5.56 Å². The van der Waals surface area contributed by atoms with E-state index in [1.165, 1.54) is 0 Å². The van der Waals surface area contributed by atoms with E-state index < -0.39 is 6.09 Å². The number of alkyl carbamates (subject to hydrolysis) is 1. The van der Waals surface area contributed by atoms with Gasteiger partial charge in [0.2, 0.25) is 0 Å². The lowest BCUT2D eigenvalue weighted by Crippen LogP contribution is -2.41.